The molecular weight excluding hydrogens is 777 g/mol. The van der Waals surface area contributed by atoms with Crippen molar-refractivity contribution in [2.75, 3.05) is 0 Å². The van der Waals surface area contributed by atoms with E-state index in [1.54, 1.807) is 11.3 Å². The first-order chi connectivity index (χ1) is 30.7. The third-order valence-corrected chi connectivity index (χ3v) is 14.4. The van der Waals surface area contributed by atoms with Crippen LogP contribution in [-0.4, -0.2) is 18.9 Å². The van der Waals surface area contributed by atoms with Crippen molar-refractivity contribution in [3.63, 3.8) is 0 Å². The Kier molecular flexibility index (Phi) is 6.24. The summed E-state index contributed by atoms with van der Waals surface area (Å²) in [4.78, 5) is 10.6. The van der Waals surface area contributed by atoms with Crippen LogP contribution in [0.15, 0.2) is 186 Å². The minimum Gasteiger partial charge on any atom is -0.455 e. The lowest BCUT2D eigenvalue weighted by molar-refractivity contribution is 0.673. The standard InChI is InChI=1S/C56H30N4OS/c1-2-11-32(12-3-1)55-57-51-40-15-6-9-20-48(40)62-54(51)56(58-55)60-44-19-8-5-14-36(44)42-29-33(24-27-45(42)60)34-22-25-37-39-26-21-31-23-28-46-50(49(31)53(39)61-47(37)30-34)41-17-10-16-38-35-13-4-7-18-43(35)59(46)52(38)41/h1-30H. The molecule has 0 amide bonds. The Morgan fingerprint density at radius 3 is 2.02 bits per heavy atom. The van der Waals surface area contributed by atoms with Crippen molar-refractivity contribution in [1.82, 2.24) is 18.9 Å². The second-order valence-corrected chi connectivity index (χ2v) is 17.5. The van der Waals surface area contributed by atoms with Crippen molar-refractivity contribution < 1.29 is 4.42 Å². The largest absolute Gasteiger partial charge is 0.455 e. The fourth-order valence-corrected chi connectivity index (χ4v) is 11.7. The van der Waals surface area contributed by atoms with Gasteiger partial charge in [-0.15, -0.1) is 11.3 Å². The van der Waals surface area contributed by atoms with Crippen LogP contribution in [0.5, 0.6) is 0 Å². The molecule has 15 aromatic rings. The highest BCUT2D eigenvalue weighted by atomic mass is 32.1. The van der Waals surface area contributed by atoms with Gasteiger partial charge in [-0.2, -0.15) is 0 Å². The van der Waals surface area contributed by atoms with E-state index in [9.17, 15) is 0 Å². The van der Waals surface area contributed by atoms with Crippen molar-refractivity contribution in [3.05, 3.63) is 182 Å². The number of fused-ring (bicyclic) bond motifs is 18. The van der Waals surface area contributed by atoms with Crippen molar-refractivity contribution in [2.45, 2.75) is 0 Å². The zero-order valence-electron chi connectivity index (χ0n) is 32.9. The average Bonchev–Trinajstić information content (AvgIpc) is 4.14. The highest BCUT2D eigenvalue weighted by Gasteiger charge is 2.23. The number of hydrogen-bond acceptors (Lipinski definition) is 4. The first-order valence-electron chi connectivity index (χ1n) is 21.0. The van der Waals surface area contributed by atoms with Gasteiger partial charge in [0.1, 0.15) is 11.2 Å². The number of para-hydroxylation sites is 3. The molecule has 0 aliphatic carbocycles. The third-order valence-electron chi connectivity index (χ3n) is 13.3. The molecule has 0 spiro atoms. The number of nitrogens with zero attached hydrogens (tertiary/aromatic N) is 4. The molecule has 6 heterocycles. The summed E-state index contributed by atoms with van der Waals surface area (Å²) in [6.07, 6.45) is 0. The van der Waals surface area contributed by atoms with Crippen molar-refractivity contribution in [1.29, 1.82) is 0 Å². The molecule has 5 nitrogen and oxygen atoms in total. The molecule has 0 N–H and O–H groups in total. The smallest absolute Gasteiger partial charge is 0.162 e. The Labute approximate surface area is 356 Å². The number of aromatic nitrogens is 4. The highest BCUT2D eigenvalue weighted by molar-refractivity contribution is 7.26. The summed E-state index contributed by atoms with van der Waals surface area (Å²) >= 11 is 1.76. The number of rotatable bonds is 3. The van der Waals surface area contributed by atoms with Crippen molar-refractivity contribution in [2.24, 2.45) is 0 Å². The van der Waals surface area contributed by atoms with E-state index in [4.69, 9.17) is 14.4 Å². The van der Waals surface area contributed by atoms with Crippen LogP contribution in [0.3, 0.4) is 0 Å². The van der Waals surface area contributed by atoms with Gasteiger partial charge in [0.2, 0.25) is 0 Å². The summed E-state index contributed by atoms with van der Waals surface area (Å²) < 4.78 is 14.1. The summed E-state index contributed by atoms with van der Waals surface area (Å²) in [5.74, 6) is 1.62. The lowest BCUT2D eigenvalue weighted by atomic mass is 9.99. The summed E-state index contributed by atoms with van der Waals surface area (Å²) in [7, 11) is 0. The van der Waals surface area contributed by atoms with Crippen LogP contribution in [0.2, 0.25) is 0 Å². The number of benzene rings is 9. The SMILES string of the molecule is c1ccc(-c2nc(-n3c4ccccc4c4cc(-c5ccc6c(c5)oc5c6ccc6ccc7c(c8cccc9c%10ccccc%10n7c98)c65)ccc43)c3sc4ccccc4c3n2)cc1. The van der Waals surface area contributed by atoms with E-state index in [0.717, 1.165) is 76.9 Å². The molecule has 0 atom stereocenters. The summed E-state index contributed by atoms with van der Waals surface area (Å²) in [6, 6.07) is 65.5. The van der Waals surface area contributed by atoms with Gasteiger partial charge < -0.3 is 8.82 Å². The van der Waals surface area contributed by atoms with E-state index >= 15 is 0 Å². The topological polar surface area (TPSA) is 48.3 Å². The third kappa shape index (κ3) is 4.21. The zero-order chi connectivity index (χ0) is 40.2. The monoisotopic (exact) mass is 806 g/mol. The van der Waals surface area contributed by atoms with E-state index in [1.807, 2.05) is 18.2 Å². The minimum atomic E-state index is 0.718. The van der Waals surface area contributed by atoms with E-state index in [1.165, 1.54) is 64.3 Å². The summed E-state index contributed by atoms with van der Waals surface area (Å²) in [5.41, 5.74) is 12.0. The molecule has 6 heteroatoms. The molecule has 9 aromatic carbocycles. The molecule has 0 aliphatic rings. The van der Waals surface area contributed by atoms with Crippen LogP contribution in [0, 0.1) is 0 Å². The van der Waals surface area contributed by atoms with E-state index < -0.39 is 0 Å². The van der Waals surface area contributed by atoms with Gasteiger partial charge in [-0.05, 0) is 71.1 Å². The lowest BCUT2D eigenvalue weighted by Crippen LogP contribution is -2.01. The molecule has 0 bridgehead atoms. The van der Waals surface area contributed by atoms with E-state index in [0.29, 0.717) is 0 Å². The molecule has 0 unspecified atom stereocenters. The van der Waals surface area contributed by atoms with E-state index in [-0.39, 0.29) is 0 Å². The molecule has 0 fully saturated rings. The molecule has 0 radical (unpaired) electrons. The fourth-order valence-electron chi connectivity index (χ4n) is 10.6. The van der Waals surface area contributed by atoms with Gasteiger partial charge in [-0.1, -0.05) is 127 Å². The van der Waals surface area contributed by atoms with Gasteiger partial charge in [0.05, 0.1) is 37.8 Å². The first kappa shape index (κ1) is 32.8. The maximum atomic E-state index is 7.02. The van der Waals surface area contributed by atoms with Gasteiger partial charge in [0.15, 0.2) is 11.6 Å². The van der Waals surface area contributed by atoms with Crippen LogP contribution in [0.25, 0.3) is 141 Å². The van der Waals surface area contributed by atoms with E-state index in [2.05, 4.69) is 173 Å². The lowest BCUT2D eigenvalue weighted by Gasteiger charge is -2.11. The first-order valence-corrected chi connectivity index (χ1v) is 21.8. The van der Waals surface area contributed by atoms with Crippen molar-refractivity contribution >= 4 is 124 Å². The fraction of sp³-hybridized carbons (Fsp3) is 0. The van der Waals surface area contributed by atoms with Crippen LogP contribution in [0.4, 0.5) is 0 Å². The quantitative estimate of drug-likeness (QED) is 0.179. The molecule has 286 valence electrons. The number of thiophene rings is 1. The number of hydrogen-bond donors (Lipinski definition) is 0. The summed E-state index contributed by atoms with van der Waals surface area (Å²) in [6.45, 7) is 0. The van der Waals surface area contributed by atoms with Gasteiger partial charge >= 0.3 is 0 Å². The predicted molar refractivity (Wildman–Crippen MR) is 260 cm³/mol. The second-order valence-electron chi connectivity index (χ2n) is 16.5. The van der Waals surface area contributed by atoms with Crippen LogP contribution < -0.4 is 0 Å². The van der Waals surface area contributed by atoms with Gasteiger partial charge in [-0.3, -0.25) is 4.57 Å². The highest BCUT2D eigenvalue weighted by Crippen LogP contribution is 2.46. The molecular formula is C56H30N4OS. The van der Waals surface area contributed by atoms with Gasteiger partial charge in [0, 0.05) is 64.1 Å². The Morgan fingerprint density at radius 2 is 1.11 bits per heavy atom. The Balaban J connectivity index is 0.940. The molecule has 0 saturated carbocycles. The molecule has 0 aliphatic heterocycles. The van der Waals surface area contributed by atoms with Crippen molar-refractivity contribution in [3.8, 4) is 28.3 Å². The van der Waals surface area contributed by atoms with Crippen LogP contribution in [0.1, 0.15) is 0 Å². The Morgan fingerprint density at radius 1 is 0.435 bits per heavy atom. The summed E-state index contributed by atoms with van der Waals surface area (Å²) in [5, 5.41) is 13.2. The zero-order valence-corrected chi connectivity index (χ0v) is 33.7. The molecule has 15 rings (SSSR count). The maximum Gasteiger partial charge on any atom is 0.162 e. The normalized spacial score (nSPS) is 12.5. The average molecular weight is 807 g/mol. The molecule has 0 saturated heterocycles. The predicted octanol–water partition coefficient (Wildman–Crippen LogP) is 15.5. The second kappa shape index (κ2) is 11.8. The minimum absolute atomic E-state index is 0.718. The van der Waals surface area contributed by atoms with Crippen LogP contribution in [-0.2, 0) is 0 Å². The Hall–Kier alpha value is -8.06. The molecule has 62 heavy (non-hydrogen) atoms. The maximum absolute atomic E-state index is 7.02. The van der Waals surface area contributed by atoms with Gasteiger partial charge in [0.25, 0.3) is 0 Å². The van der Waals surface area contributed by atoms with Gasteiger partial charge in [-0.25, -0.2) is 9.97 Å². The Bertz CT molecular complexity index is 4400. The van der Waals surface area contributed by atoms with Crippen LogP contribution >= 0.6 is 11.3 Å². The number of furan rings is 1. The molecule has 6 aromatic heterocycles.